The van der Waals surface area contributed by atoms with Gasteiger partial charge in [0.05, 0.1) is 0 Å². The second-order valence-corrected chi connectivity index (χ2v) is 4.56. The molecule has 0 fully saturated rings. The maximum Gasteiger partial charge on any atom is 0.306 e. The Kier molecular flexibility index (Phi) is 5.52. The van der Waals surface area contributed by atoms with E-state index in [9.17, 15) is 9.59 Å². The third kappa shape index (κ3) is 5.48. The summed E-state index contributed by atoms with van der Waals surface area (Å²) in [5, 5.41) is 2.65. The van der Waals surface area contributed by atoms with E-state index in [0.717, 1.165) is 5.56 Å². The van der Waals surface area contributed by atoms with Gasteiger partial charge in [-0.1, -0.05) is 48.5 Å². The van der Waals surface area contributed by atoms with Gasteiger partial charge in [0, 0.05) is 12.1 Å². The fourth-order valence-electron chi connectivity index (χ4n) is 1.83. The van der Waals surface area contributed by atoms with Crippen molar-refractivity contribution in [1.82, 2.24) is 0 Å². The zero-order valence-corrected chi connectivity index (χ0v) is 11.6. The molecular formula is C17H17NO3. The van der Waals surface area contributed by atoms with E-state index in [1.165, 1.54) is 0 Å². The van der Waals surface area contributed by atoms with Gasteiger partial charge < -0.3 is 10.1 Å². The SMILES string of the molecule is O=C(COC(=O)CCc1ccccc1)Nc1ccccc1. The largest absolute Gasteiger partial charge is 0.456 e. The van der Waals surface area contributed by atoms with Crippen molar-refractivity contribution in [2.75, 3.05) is 11.9 Å². The van der Waals surface area contributed by atoms with Crippen LogP contribution in [0.5, 0.6) is 0 Å². The van der Waals surface area contributed by atoms with Crippen molar-refractivity contribution in [3.63, 3.8) is 0 Å². The van der Waals surface area contributed by atoms with Crippen LogP contribution in [0.15, 0.2) is 60.7 Å². The van der Waals surface area contributed by atoms with Crippen LogP contribution in [0.25, 0.3) is 0 Å². The minimum absolute atomic E-state index is 0.261. The third-order valence-electron chi connectivity index (χ3n) is 2.88. The van der Waals surface area contributed by atoms with Gasteiger partial charge >= 0.3 is 5.97 Å². The molecule has 0 aliphatic rings. The molecule has 0 bridgehead atoms. The maximum absolute atomic E-state index is 11.6. The molecule has 0 aliphatic carbocycles. The van der Waals surface area contributed by atoms with Crippen molar-refractivity contribution in [2.45, 2.75) is 12.8 Å². The average Bonchev–Trinajstić information content (AvgIpc) is 2.53. The first-order chi connectivity index (χ1) is 10.2. The molecule has 4 nitrogen and oxygen atoms in total. The van der Waals surface area contributed by atoms with E-state index in [-0.39, 0.29) is 24.9 Å². The number of anilines is 1. The van der Waals surface area contributed by atoms with E-state index in [4.69, 9.17) is 4.74 Å². The molecule has 0 aliphatic heterocycles. The van der Waals surface area contributed by atoms with Gasteiger partial charge in [-0.15, -0.1) is 0 Å². The minimum atomic E-state index is -0.373. The monoisotopic (exact) mass is 283 g/mol. The van der Waals surface area contributed by atoms with E-state index in [2.05, 4.69) is 5.32 Å². The number of ether oxygens (including phenoxy) is 1. The number of aryl methyl sites for hydroxylation is 1. The van der Waals surface area contributed by atoms with Crippen LogP contribution in [0.4, 0.5) is 5.69 Å². The van der Waals surface area contributed by atoms with Crippen LogP contribution in [0.2, 0.25) is 0 Å². The number of hydrogen-bond donors (Lipinski definition) is 1. The summed E-state index contributed by atoms with van der Waals surface area (Å²) in [6.07, 6.45) is 0.878. The molecule has 1 N–H and O–H groups in total. The van der Waals surface area contributed by atoms with E-state index >= 15 is 0 Å². The molecule has 0 aromatic heterocycles. The first kappa shape index (κ1) is 14.8. The number of nitrogens with one attached hydrogen (secondary N) is 1. The highest BCUT2D eigenvalue weighted by Gasteiger charge is 2.08. The zero-order chi connectivity index (χ0) is 14.9. The van der Waals surface area contributed by atoms with E-state index in [1.54, 1.807) is 12.1 Å². The van der Waals surface area contributed by atoms with Crippen molar-refractivity contribution < 1.29 is 14.3 Å². The Balaban J connectivity index is 1.68. The Morgan fingerprint density at radius 2 is 1.52 bits per heavy atom. The van der Waals surface area contributed by atoms with Gasteiger partial charge in [0.2, 0.25) is 0 Å². The molecule has 0 unspecified atom stereocenters. The molecule has 4 heteroatoms. The van der Waals surface area contributed by atoms with Gasteiger partial charge in [0.15, 0.2) is 6.61 Å². The molecule has 0 atom stereocenters. The lowest BCUT2D eigenvalue weighted by Crippen LogP contribution is -2.20. The van der Waals surface area contributed by atoms with Gasteiger partial charge in [0.25, 0.3) is 5.91 Å². The van der Waals surface area contributed by atoms with E-state index < -0.39 is 0 Å². The molecule has 0 saturated carbocycles. The predicted octanol–water partition coefficient (Wildman–Crippen LogP) is 2.80. The number of carbonyl (C=O) groups excluding carboxylic acids is 2. The Bertz CT molecular complexity index is 581. The molecule has 0 saturated heterocycles. The standard InChI is InChI=1S/C17H17NO3/c19-16(18-15-9-5-2-6-10-15)13-21-17(20)12-11-14-7-3-1-4-8-14/h1-10H,11-13H2,(H,18,19). The summed E-state index contributed by atoms with van der Waals surface area (Å²) in [4.78, 5) is 23.2. The lowest BCUT2D eigenvalue weighted by Gasteiger charge is -2.06. The smallest absolute Gasteiger partial charge is 0.306 e. The van der Waals surface area contributed by atoms with E-state index in [1.807, 2.05) is 48.5 Å². The fourth-order valence-corrected chi connectivity index (χ4v) is 1.83. The Morgan fingerprint density at radius 3 is 2.19 bits per heavy atom. The Labute approximate surface area is 123 Å². The molecular weight excluding hydrogens is 266 g/mol. The Morgan fingerprint density at radius 1 is 0.905 bits per heavy atom. The maximum atomic E-state index is 11.6. The normalized spacial score (nSPS) is 9.90. The molecule has 21 heavy (non-hydrogen) atoms. The fraction of sp³-hybridized carbons (Fsp3) is 0.176. The second-order valence-electron chi connectivity index (χ2n) is 4.56. The van der Waals surface area contributed by atoms with Crippen molar-refractivity contribution >= 4 is 17.6 Å². The summed E-state index contributed by atoms with van der Waals surface area (Å²) in [6.45, 7) is -0.261. The summed E-state index contributed by atoms with van der Waals surface area (Å²) in [6, 6.07) is 18.7. The lowest BCUT2D eigenvalue weighted by atomic mass is 10.1. The van der Waals surface area contributed by atoms with Gasteiger partial charge in [0.1, 0.15) is 0 Å². The number of esters is 1. The minimum Gasteiger partial charge on any atom is -0.456 e. The highest BCUT2D eigenvalue weighted by atomic mass is 16.5. The van der Waals surface area contributed by atoms with Crippen molar-refractivity contribution in [2.24, 2.45) is 0 Å². The molecule has 2 aromatic carbocycles. The summed E-state index contributed by atoms with van der Waals surface area (Å²) < 4.78 is 4.95. The van der Waals surface area contributed by atoms with Crippen LogP contribution in [-0.4, -0.2) is 18.5 Å². The van der Waals surface area contributed by atoms with Crippen LogP contribution in [0.1, 0.15) is 12.0 Å². The molecule has 108 valence electrons. The number of carbonyl (C=O) groups is 2. The number of amides is 1. The third-order valence-corrected chi connectivity index (χ3v) is 2.88. The van der Waals surface area contributed by atoms with Crippen molar-refractivity contribution in [3.8, 4) is 0 Å². The summed E-state index contributed by atoms with van der Waals surface area (Å²) >= 11 is 0. The molecule has 2 aromatic rings. The van der Waals surface area contributed by atoms with Crippen LogP contribution in [0, 0.1) is 0 Å². The highest BCUT2D eigenvalue weighted by Crippen LogP contribution is 2.05. The van der Waals surface area contributed by atoms with Crippen molar-refractivity contribution in [1.29, 1.82) is 0 Å². The molecule has 0 spiro atoms. The molecule has 2 rings (SSSR count). The van der Waals surface area contributed by atoms with Crippen LogP contribution < -0.4 is 5.32 Å². The number of rotatable bonds is 6. The summed E-state index contributed by atoms with van der Waals surface area (Å²) in [7, 11) is 0. The number of benzene rings is 2. The highest BCUT2D eigenvalue weighted by molar-refractivity contribution is 5.92. The van der Waals surface area contributed by atoms with Crippen molar-refractivity contribution in [3.05, 3.63) is 66.2 Å². The molecule has 0 heterocycles. The lowest BCUT2D eigenvalue weighted by molar-refractivity contribution is -0.147. The zero-order valence-electron chi connectivity index (χ0n) is 11.6. The van der Waals surface area contributed by atoms with Gasteiger partial charge in [-0.05, 0) is 24.1 Å². The van der Waals surface area contributed by atoms with Crippen LogP contribution >= 0.6 is 0 Å². The number of hydrogen-bond acceptors (Lipinski definition) is 3. The molecule has 1 amide bonds. The van der Waals surface area contributed by atoms with E-state index in [0.29, 0.717) is 12.1 Å². The summed E-state index contributed by atoms with van der Waals surface area (Å²) in [5.41, 5.74) is 1.76. The first-order valence-electron chi connectivity index (χ1n) is 6.78. The first-order valence-corrected chi connectivity index (χ1v) is 6.78. The van der Waals surface area contributed by atoms with Gasteiger partial charge in [-0.3, -0.25) is 9.59 Å². The average molecular weight is 283 g/mol. The van der Waals surface area contributed by atoms with Crippen LogP contribution in [0.3, 0.4) is 0 Å². The Hall–Kier alpha value is -2.62. The van der Waals surface area contributed by atoms with Gasteiger partial charge in [-0.25, -0.2) is 0 Å². The summed E-state index contributed by atoms with van der Waals surface area (Å²) in [5.74, 6) is -0.712. The molecule has 0 radical (unpaired) electrons. The number of para-hydroxylation sites is 1. The second kappa shape index (κ2) is 7.85. The predicted molar refractivity (Wildman–Crippen MR) is 80.8 cm³/mol. The topological polar surface area (TPSA) is 55.4 Å². The van der Waals surface area contributed by atoms with Crippen LogP contribution in [-0.2, 0) is 20.7 Å². The quantitative estimate of drug-likeness (QED) is 0.829. The van der Waals surface area contributed by atoms with Gasteiger partial charge in [-0.2, -0.15) is 0 Å².